The Bertz CT molecular complexity index is 391. The summed E-state index contributed by atoms with van der Waals surface area (Å²) in [6, 6.07) is 0.496. The predicted octanol–water partition coefficient (Wildman–Crippen LogP) is 0.781. The van der Waals surface area contributed by atoms with E-state index in [4.69, 9.17) is 5.73 Å². The van der Waals surface area contributed by atoms with Crippen LogP contribution in [0.5, 0.6) is 0 Å². The first-order chi connectivity index (χ1) is 9.32. The molecule has 0 heterocycles. The highest BCUT2D eigenvalue weighted by molar-refractivity contribution is 5.86. The van der Waals surface area contributed by atoms with Crippen LogP contribution in [0, 0.1) is 17.3 Å². The summed E-state index contributed by atoms with van der Waals surface area (Å²) in [4.78, 5) is 24.0. The van der Waals surface area contributed by atoms with Gasteiger partial charge in [0.05, 0.1) is 6.54 Å². The Labute approximate surface area is 121 Å². The number of amides is 2. The lowest BCUT2D eigenvalue weighted by Gasteiger charge is -2.46. The molecule has 0 aliphatic heterocycles. The molecule has 2 aliphatic carbocycles. The fraction of sp³-hybridized carbons (Fsp3) is 0.867. The van der Waals surface area contributed by atoms with Gasteiger partial charge < -0.3 is 16.4 Å². The molecule has 2 amide bonds. The Balaban J connectivity index is 1.86. The lowest BCUT2D eigenvalue weighted by molar-refractivity contribution is -0.134. The van der Waals surface area contributed by atoms with Gasteiger partial charge in [-0.05, 0) is 37.0 Å². The highest BCUT2D eigenvalue weighted by Crippen LogP contribution is 2.44. The van der Waals surface area contributed by atoms with Crippen molar-refractivity contribution in [2.75, 3.05) is 6.54 Å². The van der Waals surface area contributed by atoms with Crippen LogP contribution in [0.4, 0.5) is 0 Å². The molecule has 0 aromatic heterocycles. The van der Waals surface area contributed by atoms with Gasteiger partial charge in [-0.3, -0.25) is 9.59 Å². The minimum atomic E-state index is -0.130. The van der Waals surface area contributed by atoms with Gasteiger partial charge in [0.15, 0.2) is 0 Å². The average Bonchev–Trinajstić information content (AvgIpc) is 3.17. The fourth-order valence-electron chi connectivity index (χ4n) is 3.12. The zero-order valence-corrected chi connectivity index (χ0v) is 12.7. The van der Waals surface area contributed by atoms with Crippen LogP contribution in [0.3, 0.4) is 0 Å². The quantitative estimate of drug-likeness (QED) is 0.712. The summed E-state index contributed by atoms with van der Waals surface area (Å²) in [5, 5.41) is 5.66. The fourth-order valence-corrected chi connectivity index (χ4v) is 3.12. The molecule has 0 aromatic carbocycles. The smallest absolute Gasteiger partial charge is 0.239 e. The number of nitrogens with two attached hydrogens (primary N) is 1. The van der Waals surface area contributed by atoms with Crippen molar-refractivity contribution in [2.24, 2.45) is 23.0 Å². The van der Waals surface area contributed by atoms with Gasteiger partial charge in [0, 0.05) is 18.0 Å². The zero-order valence-electron chi connectivity index (χ0n) is 12.7. The Morgan fingerprint density at radius 1 is 1.20 bits per heavy atom. The molecule has 2 saturated carbocycles. The number of rotatable bonds is 4. The van der Waals surface area contributed by atoms with Crippen LogP contribution in [0.2, 0.25) is 0 Å². The first-order valence-electron chi connectivity index (χ1n) is 7.65. The molecule has 5 heteroatoms. The number of carbonyl (C=O) groups is 2. The highest BCUT2D eigenvalue weighted by atomic mass is 16.2. The first kappa shape index (κ1) is 15.3. The van der Waals surface area contributed by atoms with Gasteiger partial charge in [-0.2, -0.15) is 0 Å². The summed E-state index contributed by atoms with van der Waals surface area (Å²) in [7, 11) is 0. The molecule has 2 aliphatic rings. The van der Waals surface area contributed by atoms with Crippen LogP contribution in [0.1, 0.15) is 46.5 Å². The van der Waals surface area contributed by atoms with Crippen molar-refractivity contribution in [2.45, 2.75) is 58.5 Å². The van der Waals surface area contributed by atoms with Crippen molar-refractivity contribution in [3.05, 3.63) is 0 Å². The number of carbonyl (C=O) groups excluding carboxylic acids is 2. The average molecular weight is 281 g/mol. The van der Waals surface area contributed by atoms with E-state index in [1.807, 2.05) is 0 Å². The molecule has 3 atom stereocenters. The van der Waals surface area contributed by atoms with Crippen molar-refractivity contribution >= 4 is 11.8 Å². The van der Waals surface area contributed by atoms with E-state index in [0.717, 1.165) is 25.7 Å². The van der Waals surface area contributed by atoms with Gasteiger partial charge in [0.1, 0.15) is 0 Å². The molecule has 0 bridgehead atoms. The maximum absolute atomic E-state index is 12.3. The van der Waals surface area contributed by atoms with E-state index in [2.05, 4.69) is 31.4 Å². The standard InChI is InChI=1S/C15H27N3O2/c1-9-12(16)7-6-11(15(9,2)3)14(20)17-8-13(19)18-10-4-5-10/h9-12H,4-8,16H2,1-3H3,(H,17,20)(H,18,19). The van der Waals surface area contributed by atoms with Crippen LogP contribution in [-0.4, -0.2) is 30.4 Å². The maximum atomic E-state index is 12.3. The van der Waals surface area contributed by atoms with Gasteiger partial charge in [0.25, 0.3) is 0 Å². The van der Waals surface area contributed by atoms with E-state index in [9.17, 15) is 9.59 Å². The second-order valence-electron chi connectivity index (χ2n) is 6.96. The van der Waals surface area contributed by atoms with Crippen molar-refractivity contribution < 1.29 is 9.59 Å². The summed E-state index contributed by atoms with van der Waals surface area (Å²) in [6.45, 7) is 6.41. The molecule has 114 valence electrons. The van der Waals surface area contributed by atoms with Crippen LogP contribution in [-0.2, 0) is 9.59 Å². The van der Waals surface area contributed by atoms with E-state index in [1.165, 1.54) is 0 Å². The first-order valence-corrected chi connectivity index (χ1v) is 7.65. The summed E-state index contributed by atoms with van der Waals surface area (Å²) >= 11 is 0. The predicted molar refractivity (Wildman–Crippen MR) is 77.8 cm³/mol. The van der Waals surface area contributed by atoms with Crippen molar-refractivity contribution in [1.82, 2.24) is 10.6 Å². The van der Waals surface area contributed by atoms with Gasteiger partial charge in [-0.25, -0.2) is 0 Å². The van der Waals surface area contributed by atoms with E-state index >= 15 is 0 Å². The third-order valence-electron chi connectivity index (χ3n) is 5.18. The van der Waals surface area contributed by atoms with Crippen molar-refractivity contribution in [1.29, 1.82) is 0 Å². The number of hydrogen-bond donors (Lipinski definition) is 3. The van der Waals surface area contributed by atoms with Gasteiger partial charge in [-0.1, -0.05) is 20.8 Å². The van der Waals surface area contributed by atoms with Crippen LogP contribution >= 0.6 is 0 Å². The molecule has 5 nitrogen and oxygen atoms in total. The summed E-state index contributed by atoms with van der Waals surface area (Å²) in [6.07, 6.45) is 3.79. The SMILES string of the molecule is CC1C(N)CCC(C(=O)NCC(=O)NC2CC2)C1(C)C. The molecule has 0 spiro atoms. The zero-order chi connectivity index (χ0) is 14.9. The molecule has 0 saturated heterocycles. The van der Waals surface area contributed by atoms with E-state index in [1.54, 1.807) is 0 Å². The van der Waals surface area contributed by atoms with Crippen molar-refractivity contribution in [3.63, 3.8) is 0 Å². The molecule has 2 rings (SSSR count). The van der Waals surface area contributed by atoms with Crippen LogP contribution in [0.15, 0.2) is 0 Å². The summed E-state index contributed by atoms with van der Waals surface area (Å²) in [5.74, 6) is 0.136. The largest absolute Gasteiger partial charge is 0.352 e. The molecule has 0 aromatic rings. The van der Waals surface area contributed by atoms with Crippen LogP contribution < -0.4 is 16.4 Å². The molecule has 3 unspecified atom stereocenters. The normalized spacial score (nSPS) is 32.5. The molecule has 20 heavy (non-hydrogen) atoms. The lowest BCUT2D eigenvalue weighted by atomic mass is 9.61. The lowest BCUT2D eigenvalue weighted by Crippen LogP contribution is -2.52. The third kappa shape index (κ3) is 3.32. The monoisotopic (exact) mass is 281 g/mol. The number of nitrogens with one attached hydrogen (secondary N) is 2. The van der Waals surface area contributed by atoms with Gasteiger partial charge in [-0.15, -0.1) is 0 Å². The maximum Gasteiger partial charge on any atom is 0.239 e. The van der Waals surface area contributed by atoms with Gasteiger partial charge in [0.2, 0.25) is 11.8 Å². The molecular formula is C15H27N3O2. The molecule has 2 fully saturated rings. The third-order valence-corrected chi connectivity index (χ3v) is 5.18. The van der Waals surface area contributed by atoms with E-state index in [-0.39, 0.29) is 35.7 Å². The Kier molecular flexibility index (Phi) is 4.37. The molecule has 0 radical (unpaired) electrons. The Hall–Kier alpha value is -1.10. The Morgan fingerprint density at radius 2 is 1.85 bits per heavy atom. The van der Waals surface area contributed by atoms with Crippen LogP contribution in [0.25, 0.3) is 0 Å². The second kappa shape index (κ2) is 5.72. The van der Waals surface area contributed by atoms with Gasteiger partial charge >= 0.3 is 0 Å². The van der Waals surface area contributed by atoms with Crippen molar-refractivity contribution in [3.8, 4) is 0 Å². The van der Waals surface area contributed by atoms with E-state index in [0.29, 0.717) is 12.0 Å². The Morgan fingerprint density at radius 3 is 2.45 bits per heavy atom. The minimum absolute atomic E-state index is 0.0142. The summed E-state index contributed by atoms with van der Waals surface area (Å²) in [5.41, 5.74) is 5.97. The minimum Gasteiger partial charge on any atom is -0.352 e. The number of hydrogen-bond acceptors (Lipinski definition) is 3. The highest BCUT2D eigenvalue weighted by Gasteiger charge is 2.44. The molecular weight excluding hydrogens is 254 g/mol. The van der Waals surface area contributed by atoms with E-state index < -0.39 is 0 Å². The molecule has 4 N–H and O–H groups in total. The second-order valence-corrected chi connectivity index (χ2v) is 6.96. The summed E-state index contributed by atoms with van der Waals surface area (Å²) < 4.78 is 0. The topological polar surface area (TPSA) is 84.2 Å².